The number of anilines is 1. The molecule has 1 aromatic heterocycles. The average molecular weight is 293 g/mol. The van der Waals surface area contributed by atoms with Gasteiger partial charge < -0.3 is 10.4 Å². The Morgan fingerprint density at radius 2 is 1.86 bits per heavy atom. The van der Waals surface area contributed by atoms with Gasteiger partial charge in [0.25, 0.3) is 0 Å². The van der Waals surface area contributed by atoms with E-state index in [-0.39, 0.29) is 6.10 Å². The molecule has 1 aromatic rings. The Morgan fingerprint density at radius 1 is 1.14 bits per heavy atom. The van der Waals surface area contributed by atoms with Crippen LogP contribution in [-0.2, 0) is 0 Å². The second-order valence-electron chi connectivity index (χ2n) is 5.64. The van der Waals surface area contributed by atoms with Gasteiger partial charge in [0.15, 0.2) is 0 Å². The molecule has 0 spiro atoms. The summed E-state index contributed by atoms with van der Waals surface area (Å²) in [7, 11) is 0. The van der Waals surface area contributed by atoms with Gasteiger partial charge in [0.1, 0.15) is 5.82 Å². The van der Waals surface area contributed by atoms with E-state index in [0.717, 1.165) is 31.5 Å². The van der Waals surface area contributed by atoms with E-state index in [9.17, 15) is 5.11 Å². The molecule has 112 valence electrons. The van der Waals surface area contributed by atoms with Crippen LogP contribution >= 0.6 is 0 Å². The van der Waals surface area contributed by atoms with Crippen LogP contribution in [0, 0.1) is 12.3 Å². The minimum atomic E-state index is -0.135. The quantitative estimate of drug-likeness (QED) is 0.713. The molecule has 2 N–H and O–H groups in total. The molecule has 0 aliphatic heterocycles. The molecule has 0 radical (unpaired) electrons. The monoisotopic (exact) mass is 293 g/mol. The third-order valence-electron chi connectivity index (χ3n) is 3.95. The number of aliphatic hydroxyl groups is 1. The van der Waals surface area contributed by atoms with Crippen molar-refractivity contribution < 1.29 is 5.11 Å². The van der Waals surface area contributed by atoms with Crippen LogP contribution in [0.5, 0.6) is 0 Å². The number of hydrogen-bond donors (Lipinski definition) is 2. The van der Waals surface area contributed by atoms with Gasteiger partial charge in [-0.2, -0.15) is 0 Å². The van der Waals surface area contributed by atoms with Crippen LogP contribution in [0.15, 0.2) is 36.5 Å². The number of fused-ring (bicyclic) bond motifs is 1. The highest BCUT2D eigenvalue weighted by molar-refractivity contribution is 5.80. The number of rotatable bonds is 2. The maximum atomic E-state index is 9.40. The standard InChI is InChI=1S/C12H15N3O.C6H4/c1-2-11-13-8-7-12(15-11)14-9-3-5-10(16)6-4-9;1-2-5-4-6(5)3-1/h1,7-10,16H,3-6H2,(H,13,14,15);1-4H. The van der Waals surface area contributed by atoms with E-state index >= 15 is 0 Å². The van der Waals surface area contributed by atoms with Crippen molar-refractivity contribution in [2.24, 2.45) is 0 Å². The number of nitrogens with zero attached hydrogens (tertiary/aromatic N) is 2. The Labute approximate surface area is 130 Å². The molecular formula is C18H19N3O. The maximum absolute atomic E-state index is 9.40. The SMILES string of the molecule is C#Cc1nccc(NC2CCC(O)CC2)n1.c1cc2cc-2c1. The van der Waals surface area contributed by atoms with Crippen LogP contribution < -0.4 is 5.32 Å². The van der Waals surface area contributed by atoms with Gasteiger partial charge in [-0.15, -0.1) is 6.42 Å². The van der Waals surface area contributed by atoms with Crippen molar-refractivity contribution in [2.75, 3.05) is 5.32 Å². The minimum absolute atomic E-state index is 0.135. The second-order valence-corrected chi connectivity index (χ2v) is 5.64. The van der Waals surface area contributed by atoms with Crippen molar-refractivity contribution >= 4 is 5.82 Å². The summed E-state index contributed by atoms with van der Waals surface area (Å²) in [6, 6.07) is 10.7. The fourth-order valence-corrected chi connectivity index (χ4v) is 2.61. The van der Waals surface area contributed by atoms with E-state index in [1.807, 2.05) is 6.07 Å². The molecule has 4 rings (SSSR count). The zero-order chi connectivity index (χ0) is 15.4. The predicted octanol–water partition coefficient (Wildman–Crippen LogP) is 2.84. The molecule has 0 aromatic carbocycles. The van der Waals surface area contributed by atoms with E-state index < -0.39 is 0 Å². The highest BCUT2D eigenvalue weighted by Gasteiger charge is 2.19. The topological polar surface area (TPSA) is 58.0 Å². The summed E-state index contributed by atoms with van der Waals surface area (Å²) in [5, 5.41) is 12.7. The fraction of sp³-hybridized carbons (Fsp3) is 0.333. The average Bonchev–Trinajstić information content (AvgIpc) is 3.16. The Morgan fingerprint density at radius 3 is 2.41 bits per heavy atom. The summed E-state index contributed by atoms with van der Waals surface area (Å²) in [5.41, 5.74) is 2.85. The number of aromatic nitrogens is 2. The Kier molecular flexibility index (Phi) is 4.36. The molecule has 4 heteroatoms. The number of hydrogen-bond acceptors (Lipinski definition) is 4. The highest BCUT2D eigenvalue weighted by atomic mass is 16.3. The Balaban J connectivity index is 0.000000196. The molecule has 3 aliphatic rings. The smallest absolute Gasteiger partial charge is 0.206 e. The molecule has 0 amide bonds. The summed E-state index contributed by atoms with van der Waals surface area (Å²) in [4.78, 5) is 8.12. The summed E-state index contributed by atoms with van der Waals surface area (Å²) in [6.07, 6.45) is 10.4. The molecule has 0 saturated heterocycles. The van der Waals surface area contributed by atoms with Gasteiger partial charge in [-0.3, -0.25) is 0 Å². The molecule has 0 bridgehead atoms. The lowest BCUT2D eigenvalue weighted by atomic mass is 9.93. The zero-order valence-corrected chi connectivity index (χ0v) is 12.4. The lowest BCUT2D eigenvalue weighted by Crippen LogP contribution is -2.28. The number of nitrogens with one attached hydrogen (secondary N) is 1. The second kappa shape index (κ2) is 6.59. The Hall–Kier alpha value is -2.38. The van der Waals surface area contributed by atoms with Crippen LogP contribution in [0.2, 0.25) is 0 Å². The van der Waals surface area contributed by atoms with Crippen molar-refractivity contribution in [2.45, 2.75) is 37.8 Å². The molecular weight excluding hydrogens is 274 g/mol. The van der Waals surface area contributed by atoms with Crippen LogP contribution in [0.3, 0.4) is 0 Å². The maximum Gasteiger partial charge on any atom is 0.206 e. The van der Waals surface area contributed by atoms with E-state index in [1.165, 1.54) is 11.1 Å². The van der Waals surface area contributed by atoms with E-state index in [1.54, 1.807) is 6.20 Å². The van der Waals surface area contributed by atoms with Crippen molar-refractivity contribution in [3.05, 3.63) is 42.4 Å². The third-order valence-corrected chi connectivity index (χ3v) is 3.95. The normalized spacial score (nSPS) is 21.1. The molecule has 1 heterocycles. The van der Waals surface area contributed by atoms with Crippen LogP contribution in [0.25, 0.3) is 11.1 Å². The first-order valence-electron chi connectivity index (χ1n) is 7.59. The van der Waals surface area contributed by atoms with E-state index in [2.05, 4.69) is 45.5 Å². The molecule has 0 atom stereocenters. The largest absolute Gasteiger partial charge is 0.393 e. The van der Waals surface area contributed by atoms with Crippen molar-refractivity contribution in [1.82, 2.24) is 9.97 Å². The Bertz CT molecular complexity index is 667. The van der Waals surface area contributed by atoms with Gasteiger partial charge in [-0.25, -0.2) is 9.97 Å². The van der Waals surface area contributed by atoms with Crippen LogP contribution in [0.1, 0.15) is 31.5 Å². The van der Waals surface area contributed by atoms with Gasteiger partial charge in [-0.05, 0) is 54.9 Å². The van der Waals surface area contributed by atoms with E-state index in [0.29, 0.717) is 11.9 Å². The number of benzene rings is 1. The lowest BCUT2D eigenvalue weighted by Gasteiger charge is -2.26. The predicted molar refractivity (Wildman–Crippen MR) is 87.3 cm³/mol. The van der Waals surface area contributed by atoms with Crippen molar-refractivity contribution in [3.8, 4) is 23.5 Å². The summed E-state index contributed by atoms with van der Waals surface area (Å²) in [6.45, 7) is 0. The van der Waals surface area contributed by atoms with Crippen molar-refractivity contribution in [3.63, 3.8) is 0 Å². The minimum Gasteiger partial charge on any atom is -0.393 e. The zero-order valence-electron chi connectivity index (χ0n) is 12.4. The summed E-state index contributed by atoms with van der Waals surface area (Å²) in [5.74, 6) is 3.58. The molecule has 1 saturated carbocycles. The first kappa shape index (κ1) is 14.6. The van der Waals surface area contributed by atoms with Crippen LogP contribution in [-0.4, -0.2) is 27.2 Å². The number of terminal acetylenes is 1. The summed E-state index contributed by atoms with van der Waals surface area (Å²) >= 11 is 0. The highest BCUT2D eigenvalue weighted by Crippen LogP contribution is 2.32. The fourth-order valence-electron chi connectivity index (χ4n) is 2.61. The van der Waals surface area contributed by atoms with Crippen LogP contribution in [0.4, 0.5) is 5.82 Å². The molecule has 0 unspecified atom stereocenters. The van der Waals surface area contributed by atoms with Gasteiger partial charge in [-0.1, -0.05) is 18.2 Å². The first-order chi connectivity index (χ1) is 10.7. The van der Waals surface area contributed by atoms with Gasteiger partial charge >= 0.3 is 0 Å². The third kappa shape index (κ3) is 3.84. The van der Waals surface area contributed by atoms with Crippen molar-refractivity contribution in [1.29, 1.82) is 0 Å². The first-order valence-corrected chi connectivity index (χ1v) is 7.59. The molecule has 22 heavy (non-hydrogen) atoms. The lowest BCUT2D eigenvalue weighted by molar-refractivity contribution is 0.126. The summed E-state index contributed by atoms with van der Waals surface area (Å²) < 4.78 is 0. The number of aliphatic hydroxyl groups excluding tert-OH is 1. The van der Waals surface area contributed by atoms with E-state index in [4.69, 9.17) is 6.42 Å². The van der Waals surface area contributed by atoms with Gasteiger partial charge in [0.05, 0.1) is 6.10 Å². The molecule has 4 nitrogen and oxygen atoms in total. The van der Waals surface area contributed by atoms with Gasteiger partial charge in [0.2, 0.25) is 5.82 Å². The molecule has 1 fully saturated rings. The van der Waals surface area contributed by atoms with Gasteiger partial charge in [0, 0.05) is 12.2 Å². The molecule has 3 aliphatic carbocycles.